The SMILES string of the molecule is C=C(C)/C=C(/C)SC.CCC(C)c1nccnc1C(N)=O.CN(C)CC1CCNCC1. The van der Waals surface area contributed by atoms with Crippen LogP contribution in [0.5, 0.6) is 0 Å². The molecule has 0 saturated carbocycles. The fraction of sp³-hybridized carbons (Fsp3) is 0.625. The molecule has 31 heavy (non-hydrogen) atoms. The molecule has 1 aliphatic rings. The molecule has 1 atom stereocenters. The summed E-state index contributed by atoms with van der Waals surface area (Å²) in [7, 11) is 4.31. The lowest BCUT2D eigenvalue weighted by molar-refractivity contribution is 0.0993. The highest BCUT2D eigenvalue weighted by atomic mass is 32.2. The Kier molecular flexibility index (Phi) is 16.0. The van der Waals surface area contributed by atoms with E-state index in [9.17, 15) is 4.79 Å². The van der Waals surface area contributed by atoms with Gasteiger partial charge >= 0.3 is 0 Å². The summed E-state index contributed by atoms with van der Waals surface area (Å²) in [5, 5.41) is 3.37. The molecule has 0 radical (unpaired) electrons. The summed E-state index contributed by atoms with van der Waals surface area (Å²) in [6.45, 7) is 15.6. The third kappa shape index (κ3) is 14.1. The zero-order chi connectivity index (χ0) is 23.8. The molecular formula is C24H43N5OS. The van der Waals surface area contributed by atoms with Crippen molar-refractivity contribution in [3.63, 3.8) is 0 Å². The van der Waals surface area contributed by atoms with Crippen LogP contribution < -0.4 is 11.1 Å². The topological polar surface area (TPSA) is 84.1 Å². The van der Waals surface area contributed by atoms with Crippen molar-refractivity contribution in [2.75, 3.05) is 40.0 Å². The van der Waals surface area contributed by atoms with E-state index in [4.69, 9.17) is 5.73 Å². The van der Waals surface area contributed by atoms with E-state index in [1.807, 2.05) is 20.8 Å². The predicted octanol–water partition coefficient (Wildman–Crippen LogP) is 4.47. The number of thioether (sulfide) groups is 1. The summed E-state index contributed by atoms with van der Waals surface area (Å²) < 4.78 is 0. The van der Waals surface area contributed by atoms with Crippen molar-refractivity contribution in [3.8, 4) is 0 Å². The van der Waals surface area contributed by atoms with Crippen molar-refractivity contribution < 1.29 is 4.79 Å². The van der Waals surface area contributed by atoms with Gasteiger partial charge in [0, 0.05) is 24.9 Å². The van der Waals surface area contributed by atoms with Crippen LogP contribution in [-0.4, -0.2) is 60.8 Å². The summed E-state index contributed by atoms with van der Waals surface area (Å²) in [4.78, 5) is 22.6. The molecule has 7 heteroatoms. The molecule has 2 heterocycles. The van der Waals surface area contributed by atoms with Crippen molar-refractivity contribution in [2.45, 2.75) is 52.9 Å². The van der Waals surface area contributed by atoms with Gasteiger partial charge in [-0.3, -0.25) is 9.78 Å². The maximum atomic E-state index is 11.0. The van der Waals surface area contributed by atoms with E-state index < -0.39 is 5.91 Å². The lowest BCUT2D eigenvalue weighted by atomic mass is 9.98. The standard InChI is InChI=1S/C9H13N3O.C8H18N2.C7H12S/c1-3-6(2)7-8(9(10)13)12-5-4-11-7;1-10(2)7-8-3-5-9-6-4-8;1-6(2)5-7(3)8-4/h4-6H,3H2,1-2H3,(H2,10,13);8-9H,3-7H2,1-2H3;5H,1H2,2-4H3/b;;7-5-. The Labute approximate surface area is 194 Å². The number of nitrogens with zero attached hydrogens (tertiary/aromatic N) is 3. The van der Waals surface area contributed by atoms with Crippen LogP contribution in [0.4, 0.5) is 0 Å². The number of amides is 1. The molecule has 3 N–H and O–H groups in total. The van der Waals surface area contributed by atoms with E-state index in [0.29, 0.717) is 5.69 Å². The number of hydrogen-bond donors (Lipinski definition) is 2. The molecule has 1 saturated heterocycles. The molecule has 1 aliphatic heterocycles. The Hall–Kier alpha value is -1.70. The molecule has 1 fully saturated rings. The second-order valence-electron chi connectivity index (χ2n) is 8.22. The predicted molar refractivity (Wildman–Crippen MR) is 135 cm³/mol. The van der Waals surface area contributed by atoms with Gasteiger partial charge in [-0.2, -0.15) is 0 Å². The van der Waals surface area contributed by atoms with Gasteiger partial charge in [-0.15, -0.1) is 11.8 Å². The summed E-state index contributed by atoms with van der Waals surface area (Å²) in [5.74, 6) is 0.649. The number of hydrogen-bond acceptors (Lipinski definition) is 6. The molecular weight excluding hydrogens is 406 g/mol. The highest BCUT2D eigenvalue weighted by Gasteiger charge is 2.15. The molecule has 2 rings (SSSR count). The molecule has 1 unspecified atom stereocenters. The summed E-state index contributed by atoms with van der Waals surface area (Å²) in [5.41, 5.74) is 7.27. The Morgan fingerprint density at radius 2 is 1.90 bits per heavy atom. The number of nitrogens with one attached hydrogen (secondary N) is 1. The third-order valence-electron chi connectivity index (χ3n) is 4.89. The van der Waals surface area contributed by atoms with Crippen molar-refractivity contribution in [1.29, 1.82) is 0 Å². The Balaban J connectivity index is 0.000000451. The first-order valence-electron chi connectivity index (χ1n) is 11.0. The maximum absolute atomic E-state index is 11.0. The Morgan fingerprint density at radius 3 is 2.32 bits per heavy atom. The van der Waals surface area contributed by atoms with Crippen LogP contribution in [0, 0.1) is 5.92 Å². The highest BCUT2D eigenvalue weighted by Crippen LogP contribution is 2.18. The highest BCUT2D eigenvalue weighted by molar-refractivity contribution is 8.02. The van der Waals surface area contributed by atoms with Crippen LogP contribution in [0.25, 0.3) is 0 Å². The number of carbonyl (C=O) groups is 1. The molecule has 176 valence electrons. The fourth-order valence-electron chi connectivity index (χ4n) is 3.08. The molecule has 1 amide bonds. The second-order valence-corrected chi connectivity index (χ2v) is 9.28. The first kappa shape index (κ1) is 29.3. The number of nitrogens with two attached hydrogens (primary N) is 1. The van der Waals surface area contributed by atoms with Crippen LogP contribution >= 0.6 is 11.8 Å². The summed E-state index contributed by atoms with van der Waals surface area (Å²) in [6.07, 6.45) is 10.8. The first-order valence-corrected chi connectivity index (χ1v) is 12.2. The Morgan fingerprint density at radius 1 is 1.32 bits per heavy atom. The van der Waals surface area contributed by atoms with Gasteiger partial charge in [-0.05, 0) is 77.4 Å². The smallest absolute Gasteiger partial charge is 0.269 e. The normalized spacial score (nSPS) is 15.3. The lowest BCUT2D eigenvalue weighted by Gasteiger charge is -2.25. The average molecular weight is 450 g/mol. The fourth-order valence-corrected chi connectivity index (χ4v) is 3.40. The number of rotatable bonds is 7. The molecule has 0 bridgehead atoms. The van der Waals surface area contributed by atoms with E-state index in [-0.39, 0.29) is 11.6 Å². The van der Waals surface area contributed by atoms with Crippen LogP contribution in [0.3, 0.4) is 0 Å². The second kappa shape index (κ2) is 16.9. The van der Waals surface area contributed by atoms with Crippen LogP contribution in [0.2, 0.25) is 0 Å². The molecule has 0 aromatic carbocycles. The summed E-state index contributed by atoms with van der Waals surface area (Å²) >= 11 is 1.75. The number of primary amides is 1. The molecule has 6 nitrogen and oxygen atoms in total. The van der Waals surface area contributed by atoms with Gasteiger partial charge in [0.25, 0.3) is 5.91 Å². The van der Waals surface area contributed by atoms with Crippen molar-refractivity contribution >= 4 is 17.7 Å². The minimum absolute atomic E-state index is 0.219. The van der Waals surface area contributed by atoms with E-state index in [2.05, 4.69) is 60.1 Å². The first-order chi connectivity index (χ1) is 14.6. The third-order valence-corrected chi connectivity index (χ3v) is 5.65. The Bertz CT molecular complexity index is 684. The quantitative estimate of drug-likeness (QED) is 0.598. The van der Waals surface area contributed by atoms with Crippen molar-refractivity contribution in [2.24, 2.45) is 11.7 Å². The molecule has 0 spiro atoms. The van der Waals surface area contributed by atoms with Gasteiger partial charge in [-0.1, -0.05) is 32.1 Å². The van der Waals surface area contributed by atoms with E-state index >= 15 is 0 Å². The van der Waals surface area contributed by atoms with Crippen LogP contribution in [0.15, 0.2) is 35.5 Å². The van der Waals surface area contributed by atoms with Gasteiger partial charge in [0.2, 0.25) is 0 Å². The number of carbonyl (C=O) groups excluding carboxylic acids is 1. The van der Waals surface area contributed by atoms with Crippen LogP contribution in [-0.2, 0) is 0 Å². The largest absolute Gasteiger partial charge is 0.364 e. The van der Waals surface area contributed by atoms with E-state index in [0.717, 1.165) is 17.9 Å². The van der Waals surface area contributed by atoms with E-state index in [1.54, 1.807) is 18.0 Å². The molecule has 1 aromatic heterocycles. The zero-order valence-corrected chi connectivity index (χ0v) is 21.4. The minimum atomic E-state index is -0.511. The maximum Gasteiger partial charge on any atom is 0.269 e. The zero-order valence-electron chi connectivity index (χ0n) is 20.6. The number of piperidine rings is 1. The van der Waals surface area contributed by atoms with Gasteiger partial charge in [0.1, 0.15) is 5.69 Å². The monoisotopic (exact) mass is 449 g/mol. The lowest BCUT2D eigenvalue weighted by Crippen LogP contribution is -2.33. The van der Waals surface area contributed by atoms with Gasteiger partial charge < -0.3 is 16.0 Å². The minimum Gasteiger partial charge on any atom is -0.364 e. The van der Waals surface area contributed by atoms with Gasteiger partial charge in [-0.25, -0.2) is 4.98 Å². The summed E-state index contributed by atoms with van der Waals surface area (Å²) in [6, 6.07) is 0. The molecule has 0 aliphatic carbocycles. The van der Waals surface area contributed by atoms with Gasteiger partial charge in [0.05, 0.1) is 5.69 Å². The average Bonchev–Trinajstić information content (AvgIpc) is 2.73. The molecule has 1 aromatic rings. The van der Waals surface area contributed by atoms with Gasteiger partial charge in [0.15, 0.2) is 0 Å². The number of allylic oxidation sites excluding steroid dienone is 3. The van der Waals surface area contributed by atoms with Crippen molar-refractivity contribution in [3.05, 3.63) is 46.9 Å². The number of aromatic nitrogens is 2. The van der Waals surface area contributed by atoms with Crippen molar-refractivity contribution in [1.82, 2.24) is 20.2 Å². The van der Waals surface area contributed by atoms with Crippen LogP contribution in [0.1, 0.15) is 69.1 Å². The van der Waals surface area contributed by atoms with E-state index in [1.165, 1.54) is 43.6 Å².